The van der Waals surface area contributed by atoms with E-state index in [1.54, 1.807) is 0 Å². The van der Waals surface area contributed by atoms with Gasteiger partial charge in [0.15, 0.2) is 0 Å². The molecular weight excluding hydrogens is 146 g/mol. The maximum absolute atomic E-state index is 5.82. The first-order chi connectivity index (χ1) is 5.60. The Balaban J connectivity index is 2.47. The summed E-state index contributed by atoms with van der Waals surface area (Å²) in [5.41, 5.74) is 7.47. The predicted octanol–water partition coefficient (Wildman–Crippen LogP) is 3.21. The van der Waals surface area contributed by atoms with Gasteiger partial charge in [0.25, 0.3) is 0 Å². The molecule has 1 aliphatic rings. The number of nitrogens with two attached hydrogens (primary N) is 1. The first-order valence-electron chi connectivity index (χ1n) is 5.05. The molecule has 0 saturated heterocycles. The van der Waals surface area contributed by atoms with Crippen LogP contribution in [0.3, 0.4) is 0 Å². The molecule has 0 heterocycles. The zero-order valence-electron chi connectivity index (χ0n) is 8.40. The van der Waals surface area contributed by atoms with E-state index in [0.717, 1.165) is 12.1 Å². The van der Waals surface area contributed by atoms with Gasteiger partial charge in [0.05, 0.1) is 0 Å². The van der Waals surface area contributed by atoms with Crippen LogP contribution in [0.2, 0.25) is 0 Å². The van der Waals surface area contributed by atoms with Crippen molar-refractivity contribution in [3.63, 3.8) is 0 Å². The molecule has 1 nitrogen and oxygen atoms in total. The Morgan fingerprint density at radius 1 is 1.25 bits per heavy atom. The Hall–Kier alpha value is -0.460. The van der Waals surface area contributed by atoms with E-state index in [1.807, 2.05) is 0 Å². The Bertz CT molecular complexity index is 168. The highest BCUT2D eigenvalue weighted by Gasteiger charge is 2.17. The van der Waals surface area contributed by atoms with E-state index in [0.29, 0.717) is 5.41 Å². The van der Waals surface area contributed by atoms with Gasteiger partial charge in [-0.2, -0.15) is 0 Å². The van der Waals surface area contributed by atoms with Crippen LogP contribution in [0.1, 0.15) is 52.4 Å². The van der Waals surface area contributed by atoms with E-state index in [2.05, 4.69) is 19.9 Å². The molecule has 1 aliphatic carbocycles. The molecule has 0 bridgehead atoms. The van der Waals surface area contributed by atoms with Gasteiger partial charge in [0.1, 0.15) is 0 Å². The fourth-order valence-electron chi connectivity index (χ4n) is 1.87. The Kier molecular flexibility index (Phi) is 3.19. The van der Waals surface area contributed by atoms with E-state index in [-0.39, 0.29) is 0 Å². The molecule has 70 valence electrons. The summed E-state index contributed by atoms with van der Waals surface area (Å²) in [6, 6.07) is 0. The summed E-state index contributed by atoms with van der Waals surface area (Å²) in [4.78, 5) is 0. The van der Waals surface area contributed by atoms with Crippen molar-refractivity contribution >= 4 is 0 Å². The molecule has 0 aliphatic heterocycles. The number of allylic oxidation sites excluding steroid dienone is 2. The Morgan fingerprint density at radius 2 is 1.92 bits per heavy atom. The molecule has 0 unspecified atom stereocenters. The van der Waals surface area contributed by atoms with E-state index in [1.165, 1.54) is 32.1 Å². The van der Waals surface area contributed by atoms with Crippen LogP contribution in [0.5, 0.6) is 0 Å². The fraction of sp³-hybridized carbons (Fsp3) is 0.818. The third kappa shape index (κ3) is 3.29. The van der Waals surface area contributed by atoms with Gasteiger partial charge in [0.2, 0.25) is 0 Å². The molecule has 0 aromatic rings. The second kappa shape index (κ2) is 3.97. The molecular formula is C11H21N. The fourth-order valence-corrected chi connectivity index (χ4v) is 1.87. The molecule has 0 aromatic heterocycles. The van der Waals surface area contributed by atoms with Gasteiger partial charge in [-0.3, -0.25) is 0 Å². The Morgan fingerprint density at radius 3 is 2.67 bits per heavy atom. The number of hydrogen-bond donors (Lipinski definition) is 1. The lowest BCUT2D eigenvalue weighted by atomic mass is 9.83. The van der Waals surface area contributed by atoms with Crippen LogP contribution in [-0.2, 0) is 0 Å². The molecule has 0 saturated carbocycles. The van der Waals surface area contributed by atoms with E-state index < -0.39 is 0 Å². The lowest BCUT2D eigenvalue weighted by molar-refractivity contribution is 0.294. The van der Waals surface area contributed by atoms with Crippen LogP contribution in [-0.4, -0.2) is 0 Å². The van der Waals surface area contributed by atoms with Crippen molar-refractivity contribution in [1.29, 1.82) is 0 Å². The minimum absolute atomic E-state index is 0.540. The van der Waals surface area contributed by atoms with Gasteiger partial charge < -0.3 is 5.73 Å². The average molecular weight is 167 g/mol. The monoisotopic (exact) mass is 167 g/mol. The maximum Gasteiger partial charge on any atom is 0.00399 e. The third-order valence-electron chi connectivity index (χ3n) is 2.78. The molecule has 2 N–H and O–H groups in total. The molecule has 0 fully saturated rings. The van der Waals surface area contributed by atoms with Gasteiger partial charge in [-0.25, -0.2) is 0 Å². The summed E-state index contributed by atoms with van der Waals surface area (Å²) in [5.74, 6) is 0. The standard InChI is InChI=1S/C11H21N/c1-11(2)8-4-3-6-10(12)7-5-9-11/h6H,3-5,7-9,12H2,1-2H3/b10-6+. The highest BCUT2D eigenvalue weighted by atomic mass is 14.6. The van der Waals surface area contributed by atoms with Gasteiger partial charge >= 0.3 is 0 Å². The second-order valence-electron chi connectivity index (χ2n) is 4.69. The summed E-state index contributed by atoms with van der Waals surface area (Å²) in [6.07, 6.45) is 9.71. The largest absolute Gasteiger partial charge is 0.402 e. The van der Waals surface area contributed by atoms with Crippen LogP contribution in [0.25, 0.3) is 0 Å². The molecule has 0 amide bonds. The normalized spacial score (nSPS) is 29.3. The van der Waals surface area contributed by atoms with Crippen molar-refractivity contribution in [3.8, 4) is 0 Å². The summed E-state index contributed by atoms with van der Waals surface area (Å²) < 4.78 is 0. The smallest absolute Gasteiger partial charge is 0.00399 e. The zero-order chi connectivity index (χ0) is 9.03. The molecule has 12 heavy (non-hydrogen) atoms. The molecule has 0 atom stereocenters. The van der Waals surface area contributed by atoms with Crippen LogP contribution < -0.4 is 5.73 Å². The molecule has 0 radical (unpaired) electrons. The van der Waals surface area contributed by atoms with Crippen LogP contribution in [0.4, 0.5) is 0 Å². The quantitative estimate of drug-likeness (QED) is 0.589. The lowest BCUT2D eigenvalue weighted by Crippen LogP contribution is -2.10. The summed E-state index contributed by atoms with van der Waals surface area (Å²) in [5, 5.41) is 0. The number of rotatable bonds is 0. The predicted molar refractivity (Wildman–Crippen MR) is 53.8 cm³/mol. The zero-order valence-corrected chi connectivity index (χ0v) is 8.40. The third-order valence-corrected chi connectivity index (χ3v) is 2.78. The molecule has 1 heteroatoms. The molecule has 1 rings (SSSR count). The van der Waals surface area contributed by atoms with E-state index in [4.69, 9.17) is 5.73 Å². The van der Waals surface area contributed by atoms with Crippen LogP contribution in [0.15, 0.2) is 11.8 Å². The minimum atomic E-state index is 0.540. The number of hydrogen-bond acceptors (Lipinski definition) is 1. The lowest BCUT2D eigenvalue weighted by Gasteiger charge is -2.23. The molecule has 0 aromatic carbocycles. The minimum Gasteiger partial charge on any atom is -0.402 e. The maximum atomic E-state index is 5.82. The SMILES string of the molecule is CC1(C)CCC/C=C(/N)CCC1. The summed E-state index contributed by atoms with van der Waals surface area (Å²) in [7, 11) is 0. The van der Waals surface area contributed by atoms with Gasteiger partial charge in [-0.05, 0) is 43.9 Å². The van der Waals surface area contributed by atoms with E-state index in [9.17, 15) is 0 Å². The van der Waals surface area contributed by atoms with Gasteiger partial charge in [-0.1, -0.05) is 19.9 Å². The highest BCUT2D eigenvalue weighted by Crippen LogP contribution is 2.31. The van der Waals surface area contributed by atoms with Gasteiger partial charge in [0, 0.05) is 5.70 Å². The van der Waals surface area contributed by atoms with Crippen LogP contribution >= 0.6 is 0 Å². The topological polar surface area (TPSA) is 26.0 Å². The first-order valence-corrected chi connectivity index (χ1v) is 5.05. The van der Waals surface area contributed by atoms with Gasteiger partial charge in [-0.15, -0.1) is 0 Å². The molecule has 0 spiro atoms. The van der Waals surface area contributed by atoms with Crippen molar-refractivity contribution in [2.24, 2.45) is 11.1 Å². The second-order valence-corrected chi connectivity index (χ2v) is 4.69. The highest BCUT2D eigenvalue weighted by molar-refractivity contribution is 4.97. The van der Waals surface area contributed by atoms with E-state index >= 15 is 0 Å². The van der Waals surface area contributed by atoms with Crippen molar-refractivity contribution < 1.29 is 0 Å². The first kappa shape index (κ1) is 9.63. The van der Waals surface area contributed by atoms with Crippen molar-refractivity contribution in [2.45, 2.75) is 52.4 Å². The summed E-state index contributed by atoms with van der Waals surface area (Å²) in [6.45, 7) is 4.74. The summed E-state index contributed by atoms with van der Waals surface area (Å²) >= 11 is 0. The Labute approximate surface area is 76.0 Å². The van der Waals surface area contributed by atoms with Crippen LogP contribution in [0, 0.1) is 5.41 Å². The van der Waals surface area contributed by atoms with Crippen molar-refractivity contribution in [2.75, 3.05) is 0 Å². The van der Waals surface area contributed by atoms with Crippen molar-refractivity contribution in [3.05, 3.63) is 11.8 Å². The van der Waals surface area contributed by atoms with Crippen molar-refractivity contribution in [1.82, 2.24) is 0 Å². The average Bonchev–Trinajstić information content (AvgIpc) is 2.02.